The summed E-state index contributed by atoms with van der Waals surface area (Å²) in [6, 6.07) is 21.1. The summed E-state index contributed by atoms with van der Waals surface area (Å²) in [6.45, 7) is 0. The Hall–Kier alpha value is -2.34. The fourth-order valence-corrected chi connectivity index (χ4v) is 3.09. The molecule has 0 atom stereocenters. The average Bonchev–Trinajstić information content (AvgIpc) is 2.63. The number of halogens is 2. The number of hydrazine groups is 1. The third-order valence-corrected chi connectivity index (χ3v) is 4.38. The molecule has 0 aliphatic rings. The Kier molecular flexibility index (Phi) is 5.71. The van der Waals surface area contributed by atoms with Gasteiger partial charge in [-0.15, -0.1) is 0 Å². The van der Waals surface area contributed by atoms with Crippen molar-refractivity contribution in [1.82, 2.24) is 10.3 Å². The van der Waals surface area contributed by atoms with Gasteiger partial charge in [0.2, 0.25) is 0 Å². The van der Waals surface area contributed by atoms with Crippen molar-refractivity contribution in [3.05, 3.63) is 89.2 Å². The van der Waals surface area contributed by atoms with E-state index in [4.69, 9.17) is 11.6 Å². The molecule has 0 unspecified atom stereocenters. The second-order valence-corrected chi connectivity index (χ2v) is 6.49. The molecule has 0 fully saturated rings. The first kappa shape index (κ1) is 17.5. The van der Waals surface area contributed by atoms with Gasteiger partial charge < -0.3 is 0 Å². The van der Waals surface area contributed by atoms with E-state index in [1.807, 2.05) is 36.4 Å². The molecule has 0 saturated carbocycles. The van der Waals surface area contributed by atoms with Gasteiger partial charge >= 0.3 is 0 Å². The molecular formula is C19H14ClFN2OS. The first-order valence-electron chi connectivity index (χ1n) is 7.46. The molecule has 3 aromatic rings. The van der Waals surface area contributed by atoms with Crippen LogP contribution in [-0.4, -0.2) is 5.91 Å². The Morgan fingerprint density at radius 1 is 0.920 bits per heavy atom. The second-order valence-electron chi connectivity index (χ2n) is 5.18. The van der Waals surface area contributed by atoms with Crippen molar-refractivity contribution in [3.8, 4) is 11.1 Å². The zero-order chi connectivity index (χ0) is 17.6. The molecular weight excluding hydrogens is 359 g/mol. The van der Waals surface area contributed by atoms with Crippen LogP contribution in [0.15, 0.2) is 77.7 Å². The maximum Gasteiger partial charge on any atom is 0.269 e. The van der Waals surface area contributed by atoms with E-state index >= 15 is 0 Å². The van der Waals surface area contributed by atoms with Crippen LogP contribution in [0.25, 0.3) is 11.1 Å². The molecule has 126 valence electrons. The summed E-state index contributed by atoms with van der Waals surface area (Å²) in [7, 11) is 0. The van der Waals surface area contributed by atoms with Gasteiger partial charge in [0.05, 0.1) is 5.56 Å². The molecule has 0 bridgehead atoms. The van der Waals surface area contributed by atoms with Crippen molar-refractivity contribution in [1.29, 1.82) is 0 Å². The zero-order valence-electron chi connectivity index (χ0n) is 13.0. The van der Waals surface area contributed by atoms with Crippen LogP contribution in [0.1, 0.15) is 10.4 Å². The van der Waals surface area contributed by atoms with Crippen molar-refractivity contribution >= 4 is 29.5 Å². The summed E-state index contributed by atoms with van der Waals surface area (Å²) >= 11 is 7.08. The molecule has 0 aromatic heterocycles. The highest BCUT2D eigenvalue weighted by Crippen LogP contribution is 2.22. The van der Waals surface area contributed by atoms with Gasteiger partial charge in [-0.05, 0) is 53.4 Å². The number of rotatable bonds is 5. The van der Waals surface area contributed by atoms with Crippen LogP contribution in [0.3, 0.4) is 0 Å². The maximum absolute atomic E-state index is 14.0. The zero-order valence-corrected chi connectivity index (χ0v) is 14.6. The molecule has 0 spiro atoms. The van der Waals surface area contributed by atoms with Gasteiger partial charge in [-0.2, -0.15) is 4.83 Å². The van der Waals surface area contributed by atoms with Crippen LogP contribution in [0.5, 0.6) is 0 Å². The standard InChI is InChI=1S/C19H14ClFN2OS/c20-15-7-4-8-16(12-15)25-23-22-19(24)17-11-14(9-10-18(17)21)13-5-2-1-3-6-13/h1-12,23H,(H,22,24). The minimum absolute atomic E-state index is 0.0273. The van der Waals surface area contributed by atoms with Crippen molar-refractivity contribution in [2.24, 2.45) is 0 Å². The van der Waals surface area contributed by atoms with E-state index in [-0.39, 0.29) is 5.56 Å². The van der Waals surface area contributed by atoms with Crippen molar-refractivity contribution < 1.29 is 9.18 Å². The van der Waals surface area contributed by atoms with Crippen LogP contribution in [-0.2, 0) is 0 Å². The molecule has 6 heteroatoms. The molecule has 25 heavy (non-hydrogen) atoms. The van der Waals surface area contributed by atoms with E-state index in [0.717, 1.165) is 16.0 Å². The Labute approximate surface area is 154 Å². The number of carbonyl (C=O) groups is 1. The summed E-state index contributed by atoms with van der Waals surface area (Å²) in [6.07, 6.45) is 0. The molecule has 2 N–H and O–H groups in total. The molecule has 3 nitrogen and oxygen atoms in total. The average molecular weight is 373 g/mol. The van der Waals surface area contributed by atoms with E-state index in [9.17, 15) is 9.18 Å². The topological polar surface area (TPSA) is 41.1 Å². The SMILES string of the molecule is O=C(NNSc1cccc(Cl)c1)c1cc(-c2ccccc2)ccc1F. The Bertz CT molecular complexity index is 890. The Balaban J connectivity index is 1.69. The van der Waals surface area contributed by atoms with Gasteiger partial charge in [-0.3, -0.25) is 10.2 Å². The first-order chi connectivity index (χ1) is 12.1. The van der Waals surface area contributed by atoms with E-state index < -0.39 is 11.7 Å². The molecule has 3 aromatic carbocycles. The highest BCUT2D eigenvalue weighted by molar-refractivity contribution is 7.97. The number of carbonyl (C=O) groups excluding carboxylic acids is 1. The van der Waals surface area contributed by atoms with Crippen LogP contribution in [0.4, 0.5) is 4.39 Å². The van der Waals surface area contributed by atoms with Crippen molar-refractivity contribution in [2.45, 2.75) is 4.90 Å². The lowest BCUT2D eigenvalue weighted by molar-refractivity contribution is 0.0943. The lowest BCUT2D eigenvalue weighted by Crippen LogP contribution is -2.33. The predicted octanol–water partition coefficient (Wildman–Crippen LogP) is 5.09. The molecule has 0 saturated heterocycles. The number of nitrogens with one attached hydrogen (secondary N) is 2. The lowest BCUT2D eigenvalue weighted by atomic mass is 10.0. The highest BCUT2D eigenvalue weighted by atomic mass is 35.5. The van der Waals surface area contributed by atoms with Gasteiger partial charge in [-0.1, -0.05) is 54.1 Å². The van der Waals surface area contributed by atoms with E-state index in [0.29, 0.717) is 5.02 Å². The summed E-state index contributed by atoms with van der Waals surface area (Å²) in [5.41, 5.74) is 4.14. The summed E-state index contributed by atoms with van der Waals surface area (Å²) in [4.78, 5) is 15.8. The Morgan fingerprint density at radius 3 is 2.48 bits per heavy atom. The highest BCUT2D eigenvalue weighted by Gasteiger charge is 2.13. The molecule has 3 rings (SSSR count). The van der Waals surface area contributed by atoms with E-state index in [1.54, 1.807) is 24.3 Å². The van der Waals surface area contributed by atoms with Crippen LogP contribution in [0, 0.1) is 5.82 Å². The van der Waals surface area contributed by atoms with Crippen molar-refractivity contribution in [2.75, 3.05) is 0 Å². The first-order valence-corrected chi connectivity index (χ1v) is 8.65. The van der Waals surface area contributed by atoms with Crippen molar-refractivity contribution in [3.63, 3.8) is 0 Å². The van der Waals surface area contributed by atoms with Crippen LogP contribution < -0.4 is 10.3 Å². The smallest absolute Gasteiger partial charge is 0.269 e. The van der Waals surface area contributed by atoms with Crippen LogP contribution >= 0.6 is 23.5 Å². The van der Waals surface area contributed by atoms with Gasteiger partial charge in [0.15, 0.2) is 0 Å². The number of amides is 1. The fraction of sp³-hybridized carbons (Fsp3) is 0. The normalized spacial score (nSPS) is 10.5. The monoisotopic (exact) mass is 372 g/mol. The molecule has 0 aliphatic heterocycles. The maximum atomic E-state index is 14.0. The summed E-state index contributed by atoms with van der Waals surface area (Å²) in [5, 5.41) is 0.597. The summed E-state index contributed by atoms with van der Waals surface area (Å²) < 4.78 is 14.0. The third-order valence-electron chi connectivity index (χ3n) is 3.45. The van der Waals surface area contributed by atoms with Crippen LogP contribution in [0.2, 0.25) is 5.02 Å². The third kappa shape index (κ3) is 4.60. The van der Waals surface area contributed by atoms with Gasteiger partial charge in [-0.25, -0.2) is 4.39 Å². The number of benzene rings is 3. The molecule has 1 amide bonds. The fourth-order valence-electron chi connectivity index (χ4n) is 2.24. The number of hydrogen-bond acceptors (Lipinski definition) is 3. The second kappa shape index (κ2) is 8.16. The minimum atomic E-state index is -0.577. The van der Waals surface area contributed by atoms with E-state index in [2.05, 4.69) is 10.3 Å². The van der Waals surface area contributed by atoms with Gasteiger partial charge in [0, 0.05) is 9.92 Å². The summed E-state index contributed by atoms with van der Waals surface area (Å²) in [5.74, 6) is -1.13. The minimum Gasteiger partial charge on any atom is -0.277 e. The predicted molar refractivity (Wildman–Crippen MR) is 99.7 cm³/mol. The molecule has 0 aliphatic carbocycles. The Morgan fingerprint density at radius 2 is 1.72 bits per heavy atom. The quantitative estimate of drug-likeness (QED) is 0.484. The number of hydrogen-bond donors (Lipinski definition) is 2. The lowest BCUT2D eigenvalue weighted by Gasteiger charge is -2.09. The molecule has 0 radical (unpaired) electrons. The van der Waals surface area contributed by atoms with Gasteiger partial charge in [0.1, 0.15) is 5.82 Å². The van der Waals surface area contributed by atoms with E-state index in [1.165, 1.54) is 24.1 Å². The largest absolute Gasteiger partial charge is 0.277 e. The molecule has 0 heterocycles. The van der Waals surface area contributed by atoms with Gasteiger partial charge in [0.25, 0.3) is 5.91 Å².